The highest BCUT2D eigenvalue weighted by Gasteiger charge is 2.11. The lowest BCUT2D eigenvalue weighted by Gasteiger charge is -2.13. The lowest BCUT2D eigenvalue weighted by Crippen LogP contribution is -2.23. The number of anilines is 2. The molecule has 0 saturated heterocycles. The molecule has 0 radical (unpaired) electrons. The minimum absolute atomic E-state index is 0.118. The number of oxime groups is 1. The maximum absolute atomic E-state index is 5.80. The third kappa shape index (κ3) is 5.25. The first-order valence-corrected chi connectivity index (χ1v) is 6.67. The van der Waals surface area contributed by atoms with E-state index in [1.807, 2.05) is 34.6 Å². The van der Waals surface area contributed by atoms with Gasteiger partial charge in [0.25, 0.3) is 0 Å². The highest BCUT2D eigenvalue weighted by Crippen LogP contribution is 2.08. The van der Waals surface area contributed by atoms with Crippen LogP contribution in [0.4, 0.5) is 11.9 Å². The fourth-order valence-electron chi connectivity index (χ4n) is 1.31. The summed E-state index contributed by atoms with van der Waals surface area (Å²) in [7, 11) is 0. The van der Waals surface area contributed by atoms with Crippen molar-refractivity contribution in [3.8, 4) is 0 Å². The van der Waals surface area contributed by atoms with Gasteiger partial charge < -0.3 is 21.2 Å². The minimum atomic E-state index is 0.118. The minimum Gasteiger partial charge on any atom is -0.394 e. The second kappa shape index (κ2) is 7.46. The summed E-state index contributed by atoms with van der Waals surface area (Å²) < 4.78 is 0. The highest BCUT2D eigenvalue weighted by molar-refractivity contribution is 5.93. The molecule has 1 aromatic rings. The van der Waals surface area contributed by atoms with Gasteiger partial charge in [-0.15, -0.1) is 0 Å². The van der Waals surface area contributed by atoms with E-state index in [1.54, 1.807) is 0 Å². The summed E-state index contributed by atoms with van der Waals surface area (Å²) in [5.74, 6) is 1.29. The molecule has 0 aliphatic rings. The van der Waals surface area contributed by atoms with Crippen LogP contribution >= 0.6 is 0 Å². The van der Waals surface area contributed by atoms with Crippen molar-refractivity contribution in [3.63, 3.8) is 0 Å². The molecule has 0 saturated carbocycles. The molecule has 0 fully saturated rings. The Kier molecular flexibility index (Phi) is 5.95. The summed E-state index contributed by atoms with van der Waals surface area (Å²) in [4.78, 5) is 17.6. The second-order valence-corrected chi connectivity index (χ2v) is 4.80. The van der Waals surface area contributed by atoms with E-state index in [0.29, 0.717) is 18.5 Å². The van der Waals surface area contributed by atoms with Gasteiger partial charge in [-0.3, -0.25) is 0 Å². The third-order valence-corrected chi connectivity index (χ3v) is 1.99. The molecule has 8 nitrogen and oxygen atoms in total. The molecule has 0 amide bonds. The average Bonchev–Trinajstić information content (AvgIpc) is 2.33. The van der Waals surface area contributed by atoms with Crippen LogP contribution in [0.5, 0.6) is 0 Å². The molecular weight excluding hydrogens is 258 g/mol. The molecule has 0 aliphatic carbocycles. The normalized spacial score (nSPS) is 11.8. The monoisotopic (exact) mass is 281 g/mol. The van der Waals surface area contributed by atoms with Gasteiger partial charge in [-0.2, -0.15) is 15.0 Å². The number of rotatable bonds is 7. The molecule has 0 aliphatic heterocycles. The Labute approximate surface area is 119 Å². The van der Waals surface area contributed by atoms with Gasteiger partial charge in [-0.1, -0.05) is 5.16 Å². The Morgan fingerprint density at radius 2 is 1.60 bits per heavy atom. The Balaban J connectivity index is 3.08. The van der Waals surface area contributed by atoms with Gasteiger partial charge in [0.05, 0.1) is 0 Å². The maximum atomic E-state index is 5.80. The van der Waals surface area contributed by atoms with Crippen molar-refractivity contribution in [2.45, 2.75) is 46.7 Å². The van der Waals surface area contributed by atoms with Crippen LogP contribution in [-0.2, 0) is 4.84 Å². The van der Waals surface area contributed by atoms with Crippen molar-refractivity contribution < 1.29 is 4.84 Å². The van der Waals surface area contributed by atoms with E-state index >= 15 is 0 Å². The number of hydrogen-bond donors (Lipinski definition) is 3. The van der Waals surface area contributed by atoms with Crippen molar-refractivity contribution in [2.24, 2.45) is 10.9 Å². The predicted octanol–water partition coefficient (Wildman–Crippen LogP) is 1.17. The van der Waals surface area contributed by atoms with Gasteiger partial charge in [0.15, 0.2) is 0 Å². The van der Waals surface area contributed by atoms with Crippen LogP contribution in [0.25, 0.3) is 0 Å². The van der Waals surface area contributed by atoms with E-state index in [1.165, 1.54) is 0 Å². The van der Waals surface area contributed by atoms with Gasteiger partial charge in [-0.05, 0) is 34.6 Å². The number of hydrogen-bond acceptors (Lipinski definition) is 7. The van der Waals surface area contributed by atoms with Crippen LogP contribution < -0.4 is 16.4 Å². The fourth-order valence-corrected chi connectivity index (χ4v) is 1.31. The summed E-state index contributed by atoms with van der Waals surface area (Å²) in [6.45, 7) is 10.2. The van der Waals surface area contributed by atoms with Gasteiger partial charge >= 0.3 is 0 Å². The van der Waals surface area contributed by atoms with E-state index in [4.69, 9.17) is 10.6 Å². The quantitative estimate of drug-likeness (QED) is 0.391. The highest BCUT2D eigenvalue weighted by atomic mass is 16.6. The van der Waals surface area contributed by atoms with E-state index in [2.05, 4.69) is 30.7 Å². The van der Waals surface area contributed by atoms with Crippen LogP contribution in [0.3, 0.4) is 0 Å². The molecule has 0 aromatic carbocycles. The first-order chi connectivity index (χ1) is 9.42. The van der Waals surface area contributed by atoms with Crippen molar-refractivity contribution in [2.75, 3.05) is 17.2 Å². The van der Waals surface area contributed by atoms with Crippen LogP contribution in [0.15, 0.2) is 5.16 Å². The molecule has 0 atom stereocenters. The zero-order valence-electron chi connectivity index (χ0n) is 12.6. The van der Waals surface area contributed by atoms with E-state index in [9.17, 15) is 0 Å². The molecule has 4 N–H and O–H groups in total. The van der Waals surface area contributed by atoms with E-state index < -0.39 is 0 Å². The van der Waals surface area contributed by atoms with Gasteiger partial charge in [0.2, 0.25) is 23.6 Å². The number of nitrogens with two attached hydrogens (primary N) is 1. The summed E-state index contributed by atoms with van der Waals surface area (Å²) in [5, 5.41) is 9.97. The number of nitrogens with zero attached hydrogens (tertiary/aromatic N) is 4. The molecule has 1 rings (SSSR count). The van der Waals surface area contributed by atoms with Crippen LogP contribution in [-0.4, -0.2) is 39.5 Å². The molecule has 0 unspecified atom stereocenters. The average molecular weight is 281 g/mol. The molecular formula is C12H23N7O. The standard InChI is InChI=1S/C12H23N7O/c1-6-20-19-9(13)10-16-11(14-7(2)3)18-12(17-10)15-8(4)5/h7-8H,6H2,1-5H3,(H2,13,19)(H2,14,15,16,17,18). The molecule has 1 aromatic heterocycles. The summed E-state index contributed by atoms with van der Waals surface area (Å²) in [6.07, 6.45) is 0. The molecule has 8 heteroatoms. The van der Waals surface area contributed by atoms with Crippen LogP contribution in [0.2, 0.25) is 0 Å². The van der Waals surface area contributed by atoms with Gasteiger partial charge in [-0.25, -0.2) is 0 Å². The number of nitrogens with one attached hydrogen (secondary N) is 2. The maximum Gasteiger partial charge on any atom is 0.228 e. The topological polar surface area (TPSA) is 110 Å². The summed E-state index contributed by atoms with van der Waals surface area (Å²) in [6, 6.07) is 0.393. The first kappa shape index (κ1) is 15.9. The molecule has 0 bridgehead atoms. The predicted molar refractivity (Wildman–Crippen MR) is 79.7 cm³/mol. The fraction of sp³-hybridized carbons (Fsp3) is 0.667. The first-order valence-electron chi connectivity index (χ1n) is 6.67. The van der Waals surface area contributed by atoms with E-state index in [-0.39, 0.29) is 23.7 Å². The molecule has 20 heavy (non-hydrogen) atoms. The number of amidine groups is 1. The third-order valence-electron chi connectivity index (χ3n) is 1.99. The molecule has 0 spiro atoms. The smallest absolute Gasteiger partial charge is 0.228 e. The lowest BCUT2D eigenvalue weighted by molar-refractivity contribution is 0.158. The van der Waals surface area contributed by atoms with Gasteiger partial charge in [0.1, 0.15) is 6.61 Å². The van der Waals surface area contributed by atoms with Crippen molar-refractivity contribution in [1.29, 1.82) is 0 Å². The van der Waals surface area contributed by atoms with Crippen molar-refractivity contribution in [3.05, 3.63) is 5.82 Å². The summed E-state index contributed by atoms with van der Waals surface area (Å²) in [5.41, 5.74) is 5.80. The molecule has 1 heterocycles. The van der Waals surface area contributed by atoms with Crippen LogP contribution in [0.1, 0.15) is 40.4 Å². The van der Waals surface area contributed by atoms with Crippen molar-refractivity contribution >= 4 is 17.7 Å². The second-order valence-electron chi connectivity index (χ2n) is 4.80. The van der Waals surface area contributed by atoms with Gasteiger partial charge in [0, 0.05) is 12.1 Å². The number of aromatic nitrogens is 3. The van der Waals surface area contributed by atoms with E-state index in [0.717, 1.165) is 0 Å². The Bertz CT molecular complexity index is 431. The lowest BCUT2D eigenvalue weighted by atomic mass is 10.4. The zero-order chi connectivity index (χ0) is 15.1. The Morgan fingerprint density at radius 1 is 1.10 bits per heavy atom. The van der Waals surface area contributed by atoms with Crippen LogP contribution in [0, 0.1) is 0 Å². The zero-order valence-corrected chi connectivity index (χ0v) is 12.6. The molecule has 112 valence electrons. The largest absolute Gasteiger partial charge is 0.394 e. The summed E-state index contributed by atoms with van der Waals surface area (Å²) >= 11 is 0. The Morgan fingerprint density at radius 3 is 2.00 bits per heavy atom. The Hall–Kier alpha value is -2.12. The van der Waals surface area contributed by atoms with Crippen molar-refractivity contribution in [1.82, 2.24) is 15.0 Å². The SMILES string of the molecule is CCO/N=C(\N)c1nc(NC(C)C)nc(NC(C)C)n1.